The van der Waals surface area contributed by atoms with Crippen molar-refractivity contribution >= 4 is 38.2 Å². The summed E-state index contributed by atoms with van der Waals surface area (Å²) >= 11 is 1.61. The molecule has 1 fully saturated rings. The van der Waals surface area contributed by atoms with Crippen molar-refractivity contribution < 1.29 is 13.2 Å². The average Bonchev–Trinajstić information content (AvgIpc) is 3.36. The van der Waals surface area contributed by atoms with Gasteiger partial charge in [0.2, 0.25) is 15.9 Å². The highest BCUT2D eigenvalue weighted by Gasteiger charge is 2.28. The largest absolute Gasteiger partial charge is 0.350 e. The predicted octanol–water partition coefficient (Wildman–Crippen LogP) is 3.44. The summed E-state index contributed by atoms with van der Waals surface area (Å²) in [5, 5.41) is 5.72. The lowest BCUT2D eigenvalue weighted by Crippen LogP contribution is -2.37. The quantitative estimate of drug-likeness (QED) is 0.650. The standard InChI is InChI=1S/C21H25N3O3S2/c1-16-6-10-24(11-7-16)29(26,27)19-4-5-20-17(13-19)8-9-23(20)15-21(25)22-14-18-3-2-12-28-18/h2-5,8-9,12-13,16H,6-7,10-11,14-15H2,1H3,(H,22,25). The summed E-state index contributed by atoms with van der Waals surface area (Å²) in [5.74, 6) is 0.499. The molecule has 1 aromatic carbocycles. The molecule has 1 amide bonds. The molecule has 8 heteroatoms. The van der Waals surface area contributed by atoms with E-state index in [1.807, 2.05) is 34.3 Å². The molecule has 1 aliphatic rings. The molecule has 29 heavy (non-hydrogen) atoms. The molecule has 1 saturated heterocycles. The summed E-state index contributed by atoms with van der Waals surface area (Å²) in [5.41, 5.74) is 0.850. The maximum absolute atomic E-state index is 13.0. The van der Waals surface area contributed by atoms with Crippen molar-refractivity contribution in [3.8, 4) is 0 Å². The number of hydrogen-bond acceptors (Lipinski definition) is 4. The van der Waals surface area contributed by atoms with Crippen molar-refractivity contribution in [1.29, 1.82) is 0 Å². The summed E-state index contributed by atoms with van der Waals surface area (Å²) in [6, 6.07) is 11.0. The van der Waals surface area contributed by atoms with E-state index in [-0.39, 0.29) is 12.5 Å². The van der Waals surface area contributed by atoms with Crippen LogP contribution in [0.25, 0.3) is 10.9 Å². The van der Waals surface area contributed by atoms with Crippen molar-refractivity contribution in [2.45, 2.75) is 37.8 Å². The van der Waals surface area contributed by atoms with Gasteiger partial charge in [-0.3, -0.25) is 4.79 Å². The summed E-state index contributed by atoms with van der Waals surface area (Å²) in [4.78, 5) is 13.7. The number of piperidine rings is 1. The Morgan fingerprint density at radius 2 is 2.00 bits per heavy atom. The van der Waals surface area contributed by atoms with E-state index in [1.54, 1.807) is 33.8 Å². The molecule has 154 valence electrons. The number of aromatic nitrogens is 1. The Kier molecular flexibility index (Phi) is 5.76. The number of fused-ring (bicyclic) bond motifs is 1. The Morgan fingerprint density at radius 1 is 1.21 bits per heavy atom. The number of nitrogens with one attached hydrogen (secondary N) is 1. The normalized spacial score (nSPS) is 16.3. The first-order valence-electron chi connectivity index (χ1n) is 9.81. The van der Waals surface area contributed by atoms with E-state index in [9.17, 15) is 13.2 Å². The predicted molar refractivity (Wildman–Crippen MR) is 115 cm³/mol. The van der Waals surface area contributed by atoms with Crippen LogP contribution in [-0.2, 0) is 27.9 Å². The molecule has 3 heterocycles. The van der Waals surface area contributed by atoms with Gasteiger partial charge in [0.25, 0.3) is 0 Å². The van der Waals surface area contributed by atoms with Crippen LogP contribution >= 0.6 is 11.3 Å². The number of sulfonamides is 1. The number of carbonyl (C=O) groups excluding carboxylic acids is 1. The smallest absolute Gasteiger partial charge is 0.243 e. The van der Waals surface area contributed by atoms with Gasteiger partial charge in [-0.05, 0) is 54.5 Å². The molecule has 0 aliphatic carbocycles. The van der Waals surface area contributed by atoms with E-state index >= 15 is 0 Å². The van der Waals surface area contributed by atoms with Gasteiger partial charge in [0, 0.05) is 35.1 Å². The van der Waals surface area contributed by atoms with Crippen LogP contribution < -0.4 is 5.32 Å². The Balaban J connectivity index is 1.48. The second kappa shape index (κ2) is 8.30. The van der Waals surface area contributed by atoms with Crippen LogP contribution in [0, 0.1) is 5.92 Å². The van der Waals surface area contributed by atoms with Crippen LogP contribution in [0.4, 0.5) is 0 Å². The maximum atomic E-state index is 13.0. The van der Waals surface area contributed by atoms with E-state index in [0.717, 1.165) is 28.6 Å². The van der Waals surface area contributed by atoms with Crippen molar-refractivity contribution in [2.75, 3.05) is 13.1 Å². The second-order valence-corrected chi connectivity index (χ2v) is 10.6. The van der Waals surface area contributed by atoms with Gasteiger partial charge in [0.05, 0.1) is 11.4 Å². The number of benzene rings is 1. The molecule has 1 aliphatic heterocycles. The monoisotopic (exact) mass is 431 g/mol. The van der Waals surface area contributed by atoms with Crippen LogP contribution in [0.5, 0.6) is 0 Å². The highest BCUT2D eigenvalue weighted by molar-refractivity contribution is 7.89. The lowest BCUT2D eigenvalue weighted by Gasteiger charge is -2.29. The lowest BCUT2D eigenvalue weighted by molar-refractivity contribution is -0.121. The minimum absolute atomic E-state index is 0.0740. The van der Waals surface area contributed by atoms with E-state index in [4.69, 9.17) is 0 Å². The molecule has 6 nitrogen and oxygen atoms in total. The van der Waals surface area contributed by atoms with Crippen molar-refractivity contribution in [2.24, 2.45) is 5.92 Å². The SMILES string of the molecule is CC1CCN(S(=O)(=O)c2ccc3c(ccn3CC(=O)NCc3cccs3)c2)CC1. The number of hydrogen-bond donors (Lipinski definition) is 1. The molecular weight excluding hydrogens is 406 g/mol. The average molecular weight is 432 g/mol. The third-order valence-corrected chi connectivity index (χ3v) is 8.25. The first kappa shape index (κ1) is 20.1. The number of amides is 1. The lowest BCUT2D eigenvalue weighted by atomic mass is 10.0. The van der Waals surface area contributed by atoms with Gasteiger partial charge in [0.15, 0.2) is 0 Å². The van der Waals surface area contributed by atoms with Crippen LogP contribution in [0.1, 0.15) is 24.6 Å². The molecule has 0 atom stereocenters. The van der Waals surface area contributed by atoms with Crippen molar-refractivity contribution in [3.05, 3.63) is 52.9 Å². The zero-order chi connectivity index (χ0) is 20.4. The molecule has 0 radical (unpaired) electrons. The third kappa shape index (κ3) is 4.39. The maximum Gasteiger partial charge on any atom is 0.243 e. The van der Waals surface area contributed by atoms with Gasteiger partial charge in [-0.15, -0.1) is 11.3 Å². The highest BCUT2D eigenvalue weighted by Crippen LogP contribution is 2.26. The molecule has 0 unspecified atom stereocenters. The zero-order valence-electron chi connectivity index (χ0n) is 16.4. The third-order valence-electron chi connectivity index (χ3n) is 5.48. The minimum Gasteiger partial charge on any atom is -0.350 e. The van der Waals surface area contributed by atoms with Crippen LogP contribution in [-0.4, -0.2) is 36.3 Å². The fourth-order valence-electron chi connectivity index (χ4n) is 3.66. The summed E-state index contributed by atoms with van der Waals surface area (Å²) in [6.45, 7) is 4.03. The molecule has 0 bridgehead atoms. The zero-order valence-corrected chi connectivity index (χ0v) is 18.0. The Bertz CT molecular complexity index is 1100. The van der Waals surface area contributed by atoms with Crippen LogP contribution in [0.15, 0.2) is 52.9 Å². The Morgan fingerprint density at radius 3 is 2.72 bits per heavy atom. The fourth-order valence-corrected chi connectivity index (χ4v) is 5.81. The summed E-state index contributed by atoms with van der Waals surface area (Å²) < 4.78 is 29.4. The van der Waals surface area contributed by atoms with Crippen molar-refractivity contribution in [1.82, 2.24) is 14.2 Å². The first-order chi connectivity index (χ1) is 13.9. The van der Waals surface area contributed by atoms with Gasteiger partial charge >= 0.3 is 0 Å². The number of carbonyl (C=O) groups is 1. The number of rotatable bonds is 6. The van der Waals surface area contributed by atoms with E-state index in [0.29, 0.717) is 30.4 Å². The molecule has 1 N–H and O–H groups in total. The summed E-state index contributed by atoms with van der Waals surface area (Å²) in [7, 11) is -3.48. The van der Waals surface area contributed by atoms with Gasteiger partial charge < -0.3 is 9.88 Å². The molecule has 4 rings (SSSR count). The highest BCUT2D eigenvalue weighted by atomic mass is 32.2. The van der Waals surface area contributed by atoms with Crippen LogP contribution in [0.3, 0.4) is 0 Å². The molecule has 0 saturated carbocycles. The molecule has 0 spiro atoms. The molecule has 3 aromatic rings. The number of thiophene rings is 1. The fraction of sp³-hybridized carbons (Fsp3) is 0.381. The van der Waals surface area contributed by atoms with Gasteiger partial charge in [-0.25, -0.2) is 8.42 Å². The summed E-state index contributed by atoms with van der Waals surface area (Å²) in [6.07, 6.45) is 3.63. The Hall–Kier alpha value is -2.16. The number of nitrogens with zero attached hydrogens (tertiary/aromatic N) is 2. The van der Waals surface area contributed by atoms with Gasteiger partial charge in [-0.1, -0.05) is 13.0 Å². The molecule has 2 aromatic heterocycles. The second-order valence-electron chi connectivity index (χ2n) is 7.61. The van der Waals surface area contributed by atoms with Crippen molar-refractivity contribution in [3.63, 3.8) is 0 Å². The van der Waals surface area contributed by atoms with Gasteiger partial charge in [0.1, 0.15) is 6.54 Å². The minimum atomic E-state index is -3.48. The Labute approximate surface area is 175 Å². The van der Waals surface area contributed by atoms with E-state index in [1.165, 1.54) is 0 Å². The molecular formula is C21H25N3O3S2. The van der Waals surface area contributed by atoms with Gasteiger partial charge in [-0.2, -0.15) is 4.31 Å². The topological polar surface area (TPSA) is 71.4 Å². The van der Waals surface area contributed by atoms with Crippen LogP contribution in [0.2, 0.25) is 0 Å². The van der Waals surface area contributed by atoms with E-state index < -0.39 is 10.0 Å². The first-order valence-corrected chi connectivity index (χ1v) is 12.1. The van der Waals surface area contributed by atoms with E-state index in [2.05, 4.69) is 12.2 Å².